The van der Waals surface area contributed by atoms with Crippen molar-refractivity contribution < 1.29 is 13.2 Å². The number of aryl methyl sites for hydroxylation is 1. The maximum absolute atomic E-state index is 12.9. The standard InChI is InChI=1S/C22H28ClN3O3S/c1-16-10-11-18(30(28,29)26-12-6-3-7-13-26)14-21(16)25-22(27)15-24-17(2)19-8-4-5-9-20(19)23/h4-5,8-11,14,17,24H,3,6-7,12-13,15H2,1-2H3,(H,25,27). The van der Waals surface area contributed by atoms with Crippen molar-refractivity contribution in [2.24, 2.45) is 0 Å². The predicted molar refractivity (Wildman–Crippen MR) is 120 cm³/mol. The third-order valence-electron chi connectivity index (χ3n) is 5.38. The van der Waals surface area contributed by atoms with Gasteiger partial charge in [-0.3, -0.25) is 4.79 Å². The molecule has 2 N–H and O–H groups in total. The highest BCUT2D eigenvalue weighted by atomic mass is 35.5. The maximum Gasteiger partial charge on any atom is 0.243 e. The van der Waals surface area contributed by atoms with Crippen LogP contribution in [0.2, 0.25) is 5.02 Å². The summed E-state index contributed by atoms with van der Waals surface area (Å²) in [4.78, 5) is 12.7. The predicted octanol–water partition coefficient (Wildman–Crippen LogP) is 4.11. The molecular formula is C22H28ClN3O3S. The average molecular weight is 450 g/mol. The normalized spacial score (nSPS) is 16.2. The molecule has 1 unspecified atom stereocenters. The molecule has 30 heavy (non-hydrogen) atoms. The van der Waals surface area contributed by atoms with Gasteiger partial charge in [0.05, 0.1) is 11.4 Å². The second-order valence-corrected chi connectivity index (χ2v) is 9.96. The van der Waals surface area contributed by atoms with E-state index in [1.54, 1.807) is 18.2 Å². The average Bonchev–Trinajstić information content (AvgIpc) is 2.74. The van der Waals surface area contributed by atoms with Crippen LogP contribution in [0, 0.1) is 6.92 Å². The molecule has 3 rings (SSSR count). The molecule has 1 heterocycles. The molecule has 0 spiro atoms. The van der Waals surface area contributed by atoms with Gasteiger partial charge in [0.1, 0.15) is 0 Å². The van der Waals surface area contributed by atoms with Crippen molar-refractivity contribution >= 4 is 33.2 Å². The van der Waals surface area contributed by atoms with Gasteiger partial charge in [-0.25, -0.2) is 8.42 Å². The van der Waals surface area contributed by atoms with Gasteiger partial charge >= 0.3 is 0 Å². The number of nitrogens with one attached hydrogen (secondary N) is 2. The molecule has 6 nitrogen and oxygen atoms in total. The Labute approximate surface area is 183 Å². The van der Waals surface area contributed by atoms with E-state index >= 15 is 0 Å². The van der Waals surface area contributed by atoms with Crippen molar-refractivity contribution in [2.75, 3.05) is 25.0 Å². The van der Waals surface area contributed by atoms with Gasteiger partial charge in [-0.1, -0.05) is 42.3 Å². The van der Waals surface area contributed by atoms with Crippen LogP contribution in [0.25, 0.3) is 0 Å². The smallest absolute Gasteiger partial charge is 0.243 e. The number of anilines is 1. The lowest BCUT2D eigenvalue weighted by molar-refractivity contribution is -0.115. The lowest BCUT2D eigenvalue weighted by Gasteiger charge is -2.26. The number of rotatable bonds is 7. The van der Waals surface area contributed by atoms with E-state index in [0.29, 0.717) is 23.8 Å². The Kier molecular flexibility index (Phi) is 7.52. The van der Waals surface area contributed by atoms with Gasteiger partial charge < -0.3 is 10.6 Å². The molecule has 1 aliphatic heterocycles. The minimum absolute atomic E-state index is 0.0783. The molecule has 0 bridgehead atoms. The van der Waals surface area contributed by atoms with Gasteiger partial charge in [0.2, 0.25) is 15.9 Å². The van der Waals surface area contributed by atoms with E-state index in [-0.39, 0.29) is 23.4 Å². The van der Waals surface area contributed by atoms with E-state index in [1.807, 2.05) is 38.1 Å². The molecule has 162 valence electrons. The number of piperidine rings is 1. The third-order valence-corrected chi connectivity index (χ3v) is 7.62. The lowest BCUT2D eigenvalue weighted by Crippen LogP contribution is -2.35. The molecule has 1 atom stereocenters. The van der Waals surface area contributed by atoms with E-state index < -0.39 is 10.0 Å². The molecule has 0 saturated carbocycles. The van der Waals surface area contributed by atoms with Crippen LogP contribution in [0.3, 0.4) is 0 Å². The fourth-order valence-electron chi connectivity index (χ4n) is 3.53. The first-order valence-electron chi connectivity index (χ1n) is 10.2. The molecule has 1 amide bonds. The number of sulfonamides is 1. The monoisotopic (exact) mass is 449 g/mol. The van der Waals surface area contributed by atoms with Crippen molar-refractivity contribution in [2.45, 2.75) is 44.0 Å². The third kappa shape index (κ3) is 5.40. The van der Waals surface area contributed by atoms with Crippen LogP contribution in [-0.4, -0.2) is 38.3 Å². The summed E-state index contributed by atoms with van der Waals surface area (Å²) in [5.41, 5.74) is 2.23. The van der Waals surface area contributed by atoms with Crippen LogP contribution in [-0.2, 0) is 14.8 Å². The van der Waals surface area contributed by atoms with Crippen LogP contribution < -0.4 is 10.6 Å². The Bertz CT molecular complexity index is 1000. The number of carbonyl (C=O) groups is 1. The van der Waals surface area contributed by atoms with Gasteiger partial charge in [0, 0.05) is 29.8 Å². The number of nitrogens with zero attached hydrogens (tertiary/aromatic N) is 1. The fourth-order valence-corrected chi connectivity index (χ4v) is 5.37. The van der Waals surface area contributed by atoms with Crippen LogP contribution >= 0.6 is 11.6 Å². The topological polar surface area (TPSA) is 78.5 Å². The first-order valence-corrected chi connectivity index (χ1v) is 12.0. The highest BCUT2D eigenvalue weighted by Gasteiger charge is 2.26. The van der Waals surface area contributed by atoms with E-state index in [4.69, 9.17) is 11.6 Å². The molecule has 0 aliphatic carbocycles. The van der Waals surface area contributed by atoms with Crippen LogP contribution in [0.15, 0.2) is 47.4 Å². The number of carbonyl (C=O) groups excluding carboxylic acids is 1. The lowest BCUT2D eigenvalue weighted by atomic mass is 10.1. The molecule has 0 aromatic heterocycles. The fraction of sp³-hybridized carbons (Fsp3) is 0.409. The summed E-state index contributed by atoms with van der Waals surface area (Å²) in [6.07, 6.45) is 2.81. The molecule has 1 saturated heterocycles. The SMILES string of the molecule is Cc1ccc(S(=O)(=O)N2CCCCC2)cc1NC(=O)CNC(C)c1ccccc1Cl. The summed E-state index contributed by atoms with van der Waals surface area (Å²) < 4.78 is 27.4. The van der Waals surface area contributed by atoms with Crippen molar-refractivity contribution in [1.82, 2.24) is 9.62 Å². The van der Waals surface area contributed by atoms with Gasteiger partial charge in [-0.15, -0.1) is 0 Å². The van der Waals surface area contributed by atoms with Crippen LogP contribution in [0.5, 0.6) is 0 Å². The molecule has 1 fully saturated rings. The van der Waals surface area contributed by atoms with Gasteiger partial charge in [0.25, 0.3) is 0 Å². The molecule has 2 aromatic rings. The summed E-state index contributed by atoms with van der Waals surface area (Å²) in [6, 6.07) is 12.3. The second-order valence-electron chi connectivity index (χ2n) is 7.61. The number of hydrogen-bond acceptors (Lipinski definition) is 4. The first-order chi connectivity index (χ1) is 14.3. The Morgan fingerprint density at radius 3 is 2.53 bits per heavy atom. The Balaban J connectivity index is 1.66. The molecule has 2 aromatic carbocycles. The van der Waals surface area contributed by atoms with E-state index in [9.17, 15) is 13.2 Å². The highest BCUT2D eigenvalue weighted by molar-refractivity contribution is 7.89. The largest absolute Gasteiger partial charge is 0.325 e. The van der Waals surface area contributed by atoms with Gasteiger partial charge in [-0.2, -0.15) is 4.31 Å². The minimum Gasteiger partial charge on any atom is -0.325 e. The summed E-state index contributed by atoms with van der Waals surface area (Å²) in [5, 5.41) is 6.63. The maximum atomic E-state index is 12.9. The summed E-state index contributed by atoms with van der Waals surface area (Å²) in [7, 11) is -3.55. The van der Waals surface area contributed by atoms with Crippen molar-refractivity contribution in [3.63, 3.8) is 0 Å². The quantitative estimate of drug-likeness (QED) is 0.666. The number of hydrogen-bond donors (Lipinski definition) is 2. The minimum atomic E-state index is -3.55. The zero-order valence-electron chi connectivity index (χ0n) is 17.3. The van der Waals surface area contributed by atoms with Gasteiger partial charge in [0.15, 0.2) is 0 Å². The summed E-state index contributed by atoms with van der Waals surface area (Å²) >= 11 is 6.21. The molecule has 0 radical (unpaired) electrons. The van der Waals surface area contributed by atoms with Crippen molar-refractivity contribution in [3.05, 3.63) is 58.6 Å². The van der Waals surface area contributed by atoms with E-state index in [1.165, 1.54) is 4.31 Å². The summed E-state index contributed by atoms with van der Waals surface area (Å²) in [5.74, 6) is -0.246. The van der Waals surface area contributed by atoms with E-state index in [2.05, 4.69) is 10.6 Å². The Morgan fingerprint density at radius 1 is 1.13 bits per heavy atom. The Morgan fingerprint density at radius 2 is 1.83 bits per heavy atom. The molecular weight excluding hydrogens is 422 g/mol. The first kappa shape index (κ1) is 22.7. The molecule has 8 heteroatoms. The second kappa shape index (κ2) is 9.92. The zero-order valence-corrected chi connectivity index (χ0v) is 18.9. The highest BCUT2D eigenvalue weighted by Crippen LogP contribution is 2.25. The zero-order chi connectivity index (χ0) is 21.7. The Hall–Kier alpha value is -1.93. The van der Waals surface area contributed by atoms with E-state index in [0.717, 1.165) is 30.4 Å². The number of amides is 1. The van der Waals surface area contributed by atoms with Crippen molar-refractivity contribution in [1.29, 1.82) is 0 Å². The summed E-state index contributed by atoms with van der Waals surface area (Å²) in [6.45, 7) is 4.94. The van der Waals surface area contributed by atoms with Crippen LogP contribution in [0.1, 0.15) is 43.4 Å². The van der Waals surface area contributed by atoms with Crippen molar-refractivity contribution in [3.8, 4) is 0 Å². The van der Waals surface area contributed by atoms with Gasteiger partial charge in [-0.05, 0) is 56.0 Å². The molecule has 1 aliphatic rings. The number of benzene rings is 2. The number of halogens is 1. The van der Waals surface area contributed by atoms with Crippen LogP contribution in [0.4, 0.5) is 5.69 Å².